The van der Waals surface area contributed by atoms with Gasteiger partial charge in [0.25, 0.3) is 0 Å². The molecule has 0 bridgehead atoms. The zero-order valence-corrected chi connectivity index (χ0v) is 11.0. The molecule has 0 spiro atoms. The molecule has 0 saturated heterocycles. The Labute approximate surface area is 101 Å². The van der Waals surface area contributed by atoms with Crippen LogP contribution in [0.3, 0.4) is 0 Å². The molecule has 0 aliphatic heterocycles. The molecule has 16 heavy (non-hydrogen) atoms. The number of thioether (sulfide) groups is 1. The zero-order valence-electron chi connectivity index (χ0n) is 10.2. The van der Waals surface area contributed by atoms with Crippen LogP contribution in [0.4, 0.5) is 0 Å². The van der Waals surface area contributed by atoms with Crippen molar-refractivity contribution in [1.82, 2.24) is 5.32 Å². The minimum Gasteiger partial charge on any atom is -0.481 e. The number of hydrogen-bond acceptors (Lipinski definition) is 3. The normalized spacial score (nSPS) is 11.2. The smallest absolute Gasteiger partial charge is 0.304 e. The van der Waals surface area contributed by atoms with E-state index < -0.39 is 5.97 Å². The van der Waals surface area contributed by atoms with Gasteiger partial charge in [-0.2, -0.15) is 11.8 Å². The van der Waals surface area contributed by atoms with Crippen LogP contribution in [-0.4, -0.2) is 35.0 Å². The highest BCUT2D eigenvalue weighted by atomic mass is 32.2. The van der Waals surface area contributed by atoms with Crippen molar-refractivity contribution >= 4 is 23.6 Å². The van der Waals surface area contributed by atoms with Gasteiger partial charge in [-0.05, 0) is 6.42 Å². The van der Waals surface area contributed by atoms with E-state index in [1.807, 2.05) is 20.8 Å². The van der Waals surface area contributed by atoms with Gasteiger partial charge in [0, 0.05) is 23.5 Å². The second-order valence-electron chi connectivity index (χ2n) is 4.25. The van der Waals surface area contributed by atoms with Crippen LogP contribution in [0, 0.1) is 5.41 Å². The van der Waals surface area contributed by atoms with Gasteiger partial charge in [-0.25, -0.2) is 0 Å². The molecule has 0 saturated carbocycles. The first-order valence-electron chi connectivity index (χ1n) is 5.48. The first kappa shape index (κ1) is 15.3. The van der Waals surface area contributed by atoms with E-state index in [2.05, 4.69) is 5.32 Å². The highest BCUT2D eigenvalue weighted by Gasteiger charge is 2.24. The predicted molar refractivity (Wildman–Crippen MR) is 66.7 cm³/mol. The summed E-state index contributed by atoms with van der Waals surface area (Å²) in [7, 11) is 0. The fourth-order valence-electron chi connectivity index (χ4n) is 0.898. The molecule has 0 atom stereocenters. The maximum absolute atomic E-state index is 11.6. The van der Waals surface area contributed by atoms with Gasteiger partial charge in [-0.15, -0.1) is 0 Å². The highest BCUT2D eigenvalue weighted by Crippen LogP contribution is 2.19. The molecular weight excluding hydrogens is 226 g/mol. The summed E-state index contributed by atoms with van der Waals surface area (Å²) < 4.78 is 0. The van der Waals surface area contributed by atoms with Crippen LogP contribution in [0.25, 0.3) is 0 Å². The summed E-state index contributed by atoms with van der Waals surface area (Å²) in [5, 5.41) is 11.3. The lowest BCUT2D eigenvalue weighted by Crippen LogP contribution is -2.37. The molecule has 0 aromatic rings. The fraction of sp³-hybridized carbons (Fsp3) is 0.818. The van der Waals surface area contributed by atoms with Crippen LogP contribution in [0.1, 0.15) is 33.6 Å². The molecule has 1 amide bonds. The zero-order chi connectivity index (χ0) is 12.6. The third-order valence-electron chi connectivity index (χ3n) is 2.49. The Kier molecular flexibility index (Phi) is 7.21. The maximum atomic E-state index is 11.6. The predicted octanol–water partition coefficient (Wildman–Crippen LogP) is 1.75. The van der Waals surface area contributed by atoms with E-state index in [1.54, 1.807) is 11.8 Å². The number of carboxylic acids is 1. The van der Waals surface area contributed by atoms with E-state index in [9.17, 15) is 9.59 Å². The van der Waals surface area contributed by atoms with Crippen molar-refractivity contribution in [1.29, 1.82) is 0 Å². The Balaban J connectivity index is 3.52. The van der Waals surface area contributed by atoms with Crippen LogP contribution in [-0.2, 0) is 9.59 Å². The Morgan fingerprint density at radius 2 is 1.94 bits per heavy atom. The summed E-state index contributed by atoms with van der Waals surface area (Å²) in [4.78, 5) is 21.8. The van der Waals surface area contributed by atoms with Gasteiger partial charge < -0.3 is 10.4 Å². The molecule has 0 aliphatic rings. The Hall–Kier alpha value is -0.710. The Bertz CT molecular complexity index is 241. The summed E-state index contributed by atoms with van der Waals surface area (Å²) in [5.74, 6) is 0.652. The number of rotatable bonds is 8. The van der Waals surface area contributed by atoms with Crippen molar-refractivity contribution in [2.75, 3.05) is 18.1 Å². The van der Waals surface area contributed by atoms with Gasteiger partial charge in [0.05, 0.1) is 6.42 Å². The van der Waals surface area contributed by atoms with Crippen molar-refractivity contribution in [3.05, 3.63) is 0 Å². The minimum absolute atomic E-state index is 0.0637. The largest absolute Gasteiger partial charge is 0.481 e. The third kappa shape index (κ3) is 6.71. The van der Waals surface area contributed by atoms with E-state index in [-0.39, 0.29) is 17.7 Å². The number of carboxylic acid groups (broad SMARTS) is 1. The molecule has 0 aromatic carbocycles. The molecule has 0 fully saturated rings. The number of carbonyl (C=O) groups is 2. The standard InChI is InChI=1S/C11H21NO3S/c1-4-11(2,3)10(15)12-6-8-16-7-5-9(13)14/h4-8H2,1-3H3,(H,12,15)(H,13,14). The minimum atomic E-state index is -0.774. The molecule has 0 radical (unpaired) electrons. The van der Waals surface area contributed by atoms with Crippen molar-refractivity contribution in [2.45, 2.75) is 33.6 Å². The molecule has 5 heteroatoms. The van der Waals surface area contributed by atoms with Gasteiger partial charge in [0.2, 0.25) is 5.91 Å². The number of amides is 1. The van der Waals surface area contributed by atoms with Crippen molar-refractivity contribution in [2.24, 2.45) is 5.41 Å². The van der Waals surface area contributed by atoms with Crippen LogP contribution in [0.15, 0.2) is 0 Å². The molecule has 94 valence electrons. The average Bonchev–Trinajstić information content (AvgIpc) is 2.22. The van der Waals surface area contributed by atoms with Gasteiger partial charge >= 0.3 is 5.97 Å². The van der Waals surface area contributed by atoms with Crippen LogP contribution in [0.5, 0.6) is 0 Å². The Morgan fingerprint density at radius 3 is 2.44 bits per heavy atom. The fourth-order valence-corrected chi connectivity index (χ4v) is 1.67. The average molecular weight is 247 g/mol. The molecule has 0 unspecified atom stereocenters. The summed E-state index contributed by atoms with van der Waals surface area (Å²) in [6.45, 7) is 6.42. The molecule has 0 heterocycles. The third-order valence-corrected chi connectivity index (χ3v) is 3.48. The molecular formula is C11H21NO3S. The van der Waals surface area contributed by atoms with Gasteiger partial charge in [0.1, 0.15) is 0 Å². The molecule has 2 N–H and O–H groups in total. The number of hydrogen-bond donors (Lipinski definition) is 2. The first-order valence-corrected chi connectivity index (χ1v) is 6.63. The van der Waals surface area contributed by atoms with Gasteiger partial charge in [-0.3, -0.25) is 9.59 Å². The molecule has 0 aliphatic carbocycles. The van der Waals surface area contributed by atoms with E-state index >= 15 is 0 Å². The van der Waals surface area contributed by atoms with E-state index in [0.717, 1.165) is 12.2 Å². The monoisotopic (exact) mass is 247 g/mol. The summed E-state index contributed by atoms with van der Waals surface area (Å²) in [5.41, 5.74) is -0.314. The first-order chi connectivity index (χ1) is 7.40. The molecule has 0 aromatic heterocycles. The van der Waals surface area contributed by atoms with Crippen molar-refractivity contribution < 1.29 is 14.7 Å². The summed E-state index contributed by atoms with van der Waals surface area (Å²) in [6.07, 6.45) is 0.990. The van der Waals surface area contributed by atoms with E-state index in [4.69, 9.17) is 5.11 Å². The van der Waals surface area contributed by atoms with Crippen LogP contribution >= 0.6 is 11.8 Å². The number of nitrogens with one attached hydrogen (secondary N) is 1. The second kappa shape index (κ2) is 7.54. The lowest BCUT2D eigenvalue weighted by molar-refractivity contribution is -0.136. The van der Waals surface area contributed by atoms with Crippen molar-refractivity contribution in [3.8, 4) is 0 Å². The summed E-state index contributed by atoms with van der Waals surface area (Å²) in [6, 6.07) is 0. The number of aliphatic carboxylic acids is 1. The lowest BCUT2D eigenvalue weighted by atomic mass is 9.89. The molecule has 0 rings (SSSR count). The second-order valence-corrected chi connectivity index (χ2v) is 5.47. The van der Waals surface area contributed by atoms with Gasteiger partial charge in [0.15, 0.2) is 0 Å². The topological polar surface area (TPSA) is 66.4 Å². The SMILES string of the molecule is CCC(C)(C)C(=O)NCCSCCC(=O)O. The van der Waals surface area contributed by atoms with Crippen LogP contribution < -0.4 is 5.32 Å². The maximum Gasteiger partial charge on any atom is 0.304 e. The Morgan fingerprint density at radius 1 is 1.31 bits per heavy atom. The molecule has 4 nitrogen and oxygen atoms in total. The van der Waals surface area contributed by atoms with Crippen molar-refractivity contribution in [3.63, 3.8) is 0 Å². The highest BCUT2D eigenvalue weighted by molar-refractivity contribution is 7.99. The van der Waals surface area contributed by atoms with Gasteiger partial charge in [-0.1, -0.05) is 20.8 Å². The lowest BCUT2D eigenvalue weighted by Gasteiger charge is -2.21. The van der Waals surface area contributed by atoms with E-state index in [1.165, 1.54) is 0 Å². The van der Waals surface area contributed by atoms with Crippen LogP contribution in [0.2, 0.25) is 0 Å². The number of carbonyl (C=O) groups excluding carboxylic acids is 1. The quantitative estimate of drug-likeness (QED) is 0.641. The van der Waals surface area contributed by atoms with E-state index in [0.29, 0.717) is 12.3 Å². The summed E-state index contributed by atoms with van der Waals surface area (Å²) >= 11 is 1.55.